The highest BCUT2D eigenvalue weighted by Crippen LogP contribution is 2.47. The fourth-order valence-electron chi connectivity index (χ4n) is 7.23. The van der Waals surface area contributed by atoms with E-state index in [0.29, 0.717) is 12.8 Å². The molecule has 0 aromatic rings. The number of hydrogen-bond donors (Lipinski definition) is 6. The maximum Gasteiger partial charge on any atom is 0.472 e. The summed E-state index contributed by atoms with van der Waals surface area (Å²) in [6, 6.07) is 0. The third-order valence-corrected chi connectivity index (χ3v) is 11.9. The van der Waals surface area contributed by atoms with Crippen molar-refractivity contribution in [1.82, 2.24) is 0 Å². The zero-order chi connectivity index (χ0) is 42.2. The summed E-state index contributed by atoms with van der Waals surface area (Å²) in [7, 11) is -5.11. The van der Waals surface area contributed by atoms with Gasteiger partial charge < -0.3 is 39.9 Å². The second-order valence-corrected chi connectivity index (χ2v) is 17.7. The average Bonchev–Trinajstić information content (AvgIpc) is 3.19. The molecule has 1 aliphatic rings. The number of hydrogen-bond acceptors (Lipinski definition) is 12. The molecule has 0 saturated heterocycles. The van der Waals surface area contributed by atoms with Crippen LogP contribution in [0.2, 0.25) is 0 Å². The van der Waals surface area contributed by atoms with Crippen LogP contribution >= 0.6 is 7.82 Å². The second kappa shape index (κ2) is 34.6. The van der Waals surface area contributed by atoms with Gasteiger partial charge in [-0.3, -0.25) is 18.6 Å². The predicted molar refractivity (Wildman–Crippen MR) is 221 cm³/mol. The van der Waals surface area contributed by atoms with Gasteiger partial charge in [0.25, 0.3) is 0 Å². The Kier molecular flexibility index (Phi) is 32.7. The van der Waals surface area contributed by atoms with E-state index in [9.17, 15) is 44.6 Å². The number of rotatable bonds is 38. The van der Waals surface area contributed by atoms with Gasteiger partial charge >= 0.3 is 19.8 Å². The van der Waals surface area contributed by atoms with Gasteiger partial charge in [0.05, 0.1) is 6.61 Å². The van der Waals surface area contributed by atoms with Gasteiger partial charge in [0, 0.05) is 12.8 Å². The van der Waals surface area contributed by atoms with Gasteiger partial charge in [-0.15, -0.1) is 0 Å². The van der Waals surface area contributed by atoms with Crippen LogP contribution in [0.1, 0.15) is 206 Å². The van der Waals surface area contributed by atoms with Crippen molar-refractivity contribution in [1.29, 1.82) is 0 Å². The molecule has 8 atom stereocenters. The van der Waals surface area contributed by atoms with Crippen LogP contribution < -0.4 is 0 Å². The summed E-state index contributed by atoms with van der Waals surface area (Å²) in [4.78, 5) is 35.6. The van der Waals surface area contributed by atoms with Crippen LogP contribution in [-0.2, 0) is 32.7 Å². The maximum atomic E-state index is 12.8. The Hall–Kier alpha value is -1.15. The standard InChI is InChI=1S/C43H83O13P/c1-3-5-7-9-11-13-15-17-18-20-21-23-25-27-29-31-36(44)53-33-35(34-54-57(51,52)56-43-41(49)39(47)38(46)40(48)42(43)50)55-37(45)32-30-28-26-24-22-19-16-14-12-10-8-6-4-2/h35,38-43,46-50H,3-34H2,1-2H3,(H,51,52)/t35-,38?,39-,40?,41?,42?,43?/m0/s1. The Morgan fingerprint density at radius 2 is 0.789 bits per heavy atom. The quantitative estimate of drug-likeness (QED) is 0.0196. The number of phosphoric acid groups is 1. The zero-order valence-electron chi connectivity index (χ0n) is 35.7. The SMILES string of the molecule is CCCCCCCCCCCCCCCCCC(=O)OC[C@@H](COP(=O)(O)OC1C(O)C(O)C(O)[C@H](O)C1O)OC(=O)CCCCCCCCCCCCCCC. The Balaban J connectivity index is 2.45. The van der Waals surface area contributed by atoms with Crippen molar-refractivity contribution in [2.75, 3.05) is 13.2 Å². The molecule has 0 radical (unpaired) electrons. The van der Waals surface area contributed by atoms with Crippen molar-refractivity contribution >= 4 is 19.8 Å². The minimum Gasteiger partial charge on any atom is -0.462 e. The van der Waals surface area contributed by atoms with Crippen molar-refractivity contribution in [3.8, 4) is 0 Å². The summed E-state index contributed by atoms with van der Waals surface area (Å²) in [6.45, 7) is 3.31. The van der Waals surface area contributed by atoms with Crippen LogP contribution in [0.25, 0.3) is 0 Å². The molecule has 1 rings (SSSR count). The molecule has 338 valence electrons. The number of carbonyl (C=O) groups excluding carboxylic acids is 2. The highest BCUT2D eigenvalue weighted by molar-refractivity contribution is 7.47. The lowest BCUT2D eigenvalue weighted by Gasteiger charge is -2.41. The molecule has 0 aromatic heterocycles. The van der Waals surface area contributed by atoms with Crippen molar-refractivity contribution in [2.24, 2.45) is 0 Å². The summed E-state index contributed by atoms with van der Waals surface area (Å²) in [5.74, 6) is -1.09. The van der Waals surface area contributed by atoms with Crippen LogP contribution in [0, 0.1) is 0 Å². The van der Waals surface area contributed by atoms with E-state index in [1.165, 1.54) is 128 Å². The lowest BCUT2D eigenvalue weighted by Crippen LogP contribution is -2.64. The van der Waals surface area contributed by atoms with Gasteiger partial charge in [-0.1, -0.05) is 181 Å². The Morgan fingerprint density at radius 3 is 1.16 bits per heavy atom. The van der Waals surface area contributed by atoms with Gasteiger partial charge in [0.15, 0.2) is 6.10 Å². The number of phosphoric ester groups is 1. The molecule has 0 aromatic carbocycles. The van der Waals surface area contributed by atoms with Crippen LogP contribution in [-0.4, -0.2) is 98.3 Å². The lowest BCUT2D eigenvalue weighted by atomic mass is 9.85. The first kappa shape index (κ1) is 53.9. The number of aliphatic hydroxyl groups is 5. The molecule has 0 aliphatic heterocycles. The molecule has 6 N–H and O–H groups in total. The number of carbonyl (C=O) groups is 2. The van der Waals surface area contributed by atoms with E-state index in [-0.39, 0.29) is 12.8 Å². The largest absolute Gasteiger partial charge is 0.472 e. The van der Waals surface area contributed by atoms with Crippen LogP contribution in [0.15, 0.2) is 0 Å². The van der Waals surface area contributed by atoms with Crippen LogP contribution in [0.3, 0.4) is 0 Å². The maximum absolute atomic E-state index is 12.8. The molecule has 0 amide bonds. The summed E-state index contributed by atoms with van der Waals surface area (Å²) in [5, 5.41) is 50.1. The van der Waals surface area contributed by atoms with Gasteiger partial charge in [-0.25, -0.2) is 4.57 Å². The minimum atomic E-state index is -5.11. The average molecular weight is 839 g/mol. The normalized spacial score (nSPS) is 22.6. The monoisotopic (exact) mass is 839 g/mol. The first-order valence-corrected chi connectivity index (χ1v) is 24.3. The predicted octanol–water partition coefficient (Wildman–Crippen LogP) is 8.50. The zero-order valence-corrected chi connectivity index (χ0v) is 36.6. The molecule has 6 unspecified atom stereocenters. The van der Waals surface area contributed by atoms with E-state index >= 15 is 0 Å². The highest BCUT2D eigenvalue weighted by Gasteiger charge is 2.51. The topological polar surface area (TPSA) is 210 Å². The molecule has 57 heavy (non-hydrogen) atoms. The molecule has 1 aliphatic carbocycles. The first-order valence-electron chi connectivity index (χ1n) is 22.8. The van der Waals surface area contributed by atoms with E-state index in [2.05, 4.69) is 13.8 Å². The van der Waals surface area contributed by atoms with Crippen molar-refractivity contribution < 1.29 is 63.1 Å². The van der Waals surface area contributed by atoms with Gasteiger partial charge in [-0.2, -0.15) is 0 Å². The summed E-state index contributed by atoms with van der Waals surface area (Å²) >= 11 is 0. The second-order valence-electron chi connectivity index (χ2n) is 16.3. The number of ether oxygens (including phenoxy) is 2. The van der Waals surface area contributed by atoms with E-state index < -0.39 is 75.7 Å². The van der Waals surface area contributed by atoms with Crippen LogP contribution in [0.4, 0.5) is 0 Å². The molecule has 0 heterocycles. The van der Waals surface area contributed by atoms with E-state index in [1.54, 1.807) is 0 Å². The van der Waals surface area contributed by atoms with E-state index in [0.717, 1.165) is 38.5 Å². The van der Waals surface area contributed by atoms with Crippen molar-refractivity contribution in [2.45, 2.75) is 249 Å². The Bertz CT molecular complexity index is 1020. The smallest absolute Gasteiger partial charge is 0.462 e. The number of esters is 2. The minimum absolute atomic E-state index is 0.104. The van der Waals surface area contributed by atoms with Crippen molar-refractivity contribution in [3.05, 3.63) is 0 Å². The molecule has 1 fully saturated rings. The lowest BCUT2D eigenvalue weighted by molar-refractivity contribution is -0.220. The molecular weight excluding hydrogens is 755 g/mol. The van der Waals surface area contributed by atoms with Gasteiger partial charge in [0.1, 0.15) is 43.2 Å². The summed E-state index contributed by atoms with van der Waals surface area (Å²) < 4.78 is 33.5. The number of aliphatic hydroxyl groups excluding tert-OH is 5. The number of unbranched alkanes of at least 4 members (excludes halogenated alkanes) is 26. The van der Waals surface area contributed by atoms with E-state index in [1.807, 2.05) is 0 Å². The molecule has 1 saturated carbocycles. The Morgan fingerprint density at radius 1 is 0.474 bits per heavy atom. The van der Waals surface area contributed by atoms with E-state index in [4.69, 9.17) is 18.5 Å². The third-order valence-electron chi connectivity index (χ3n) is 10.9. The molecule has 0 bridgehead atoms. The highest BCUT2D eigenvalue weighted by atomic mass is 31.2. The molecule has 13 nitrogen and oxygen atoms in total. The molecule has 0 spiro atoms. The summed E-state index contributed by atoms with van der Waals surface area (Å²) in [5.41, 5.74) is 0. The van der Waals surface area contributed by atoms with Gasteiger partial charge in [0.2, 0.25) is 0 Å². The van der Waals surface area contributed by atoms with Crippen LogP contribution in [0.5, 0.6) is 0 Å². The fourth-order valence-corrected chi connectivity index (χ4v) is 8.20. The molecular formula is C43H83O13P. The Labute approximate surface area is 344 Å². The fraction of sp³-hybridized carbons (Fsp3) is 0.953. The van der Waals surface area contributed by atoms with Gasteiger partial charge in [-0.05, 0) is 12.8 Å². The summed E-state index contributed by atoms with van der Waals surface area (Å²) in [6.07, 6.45) is 20.2. The molecule has 14 heteroatoms. The third kappa shape index (κ3) is 27.3. The van der Waals surface area contributed by atoms with Crippen molar-refractivity contribution in [3.63, 3.8) is 0 Å². The first-order chi connectivity index (χ1) is 27.4.